The summed E-state index contributed by atoms with van der Waals surface area (Å²) in [6.07, 6.45) is 1.97. The van der Waals surface area contributed by atoms with Gasteiger partial charge in [-0.3, -0.25) is 14.9 Å². The topological polar surface area (TPSA) is 69.4 Å². The molecule has 1 aromatic carbocycles. The average molecular weight is 207 g/mol. The minimum atomic E-state index is -0.592. The van der Waals surface area contributed by atoms with Gasteiger partial charge in [-0.15, -0.1) is 0 Å². The molecule has 5 heteroatoms. The lowest BCUT2D eigenvalue weighted by atomic mass is 10.2. The van der Waals surface area contributed by atoms with E-state index in [0.29, 0.717) is 6.29 Å². The second-order valence-corrected chi connectivity index (χ2v) is 2.67. The van der Waals surface area contributed by atoms with Crippen molar-refractivity contribution in [3.05, 3.63) is 46.5 Å². The zero-order valence-electron chi connectivity index (χ0n) is 7.88. The van der Waals surface area contributed by atoms with E-state index >= 15 is 0 Å². The SMILES string of the molecule is C=CCOc1c(C=O)cccc1[N+](=O)[O-]. The summed E-state index contributed by atoms with van der Waals surface area (Å²) < 4.78 is 5.08. The van der Waals surface area contributed by atoms with E-state index in [1.165, 1.54) is 24.3 Å². The van der Waals surface area contributed by atoms with Gasteiger partial charge in [-0.1, -0.05) is 18.7 Å². The van der Waals surface area contributed by atoms with Crippen LogP contribution < -0.4 is 4.74 Å². The molecular formula is C10H9NO4. The van der Waals surface area contributed by atoms with Crippen LogP contribution in [-0.4, -0.2) is 17.8 Å². The minimum Gasteiger partial charge on any atom is -0.482 e. The Kier molecular flexibility index (Phi) is 3.56. The number of hydrogen-bond donors (Lipinski definition) is 0. The second-order valence-electron chi connectivity index (χ2n) is 2.67. The molecule has 0 spiro atoms. The fraction of sp³-hybridized carbons (Fsp3) is 0.100. The summed E-state index contributed by atoms with van der Waals surface area (Å²) in [4.78, 5) is 20.7. The van der Waals surface area contributed by atoms with E-state index in [9.17, 15) is 14.9 Å². The maximum absolute atomic E-state index is 10.6. The maximum Gasteiger partial charge on any atom is 0.311 e. The lowest BCUT2D eigenvalue weighted by molar-refractivity contribution is -0.385. The van der Waals surface area contributed by atoms with Crippen LogP contribution in [0, 0.1) is 10.1 Å². The van der Waals surface area contributed by atoms with Gasteiger partial charge in [0, 0.05) is 6.07 Å². The van der Waals surface area contributed by atoms with Crippen molar-refractivity contribution in [2.24, 2.45) is 0 Å². The van der Waals surface area contributed by atoms with Gasteiger partial charge in [-0.25, -0.2) is 0 Å². The molecule has 0 amide bonds. The molecule has 0 aliphatic carbocycles. The zero-order chi connectivity index (χ0) is 11.3. The molecule has 5 nitrogen and oxygen atoms in total. The number of ether oxygens (including phenoxy) is 1. The summed E-state index contributed by atoms with van der Waals surface area (Å²) >= 11 is 0. The molecule has 0 bridgehead atoms. The van der Waals surface area contributed by atoms with Crippen LogP contribution in [-0.2, 0) is 0 Å². The lowest BCUT2D eigenvalue weighted by Gasteiger charge is -2.05. The Labute approximate surface area is 86.1 Å². The Hall–Kier alpha value is -2.17. The fourth-order valence-corrected chi connectivity index (χ4v) is 1.08. The molecule has 1 aromatic rings. The highest BCUT2D eigenvalue weighted by Crippen LogP contribution is 2.29. The maximum atomic E-state index is 10.6. The highest BCUT2D eigenvalue weighted by molar-refractivity contribution is 5.82. The van der Waals surface area contributed by atoms with Crippen LogP contribution in [0.25, 0.3) is 0 Å². The van der Waals surface area contributed by atoms with Gasteiger partial charge >= 0.3 is 5.69 Å². The number of nitro benzene ring substituents is 1. The predicted molar refractivity (Wildman–Crippen MR) is 54.2 cm³/mol. The fourth-order valence-electron chi connectivity index (χ4n) is 1.08. The number of rotatable bonds is 5. The quantitative estimate of drug-likeness (QED) is 0.320. The third-order valence-electron chi connectivity index (χ3n) is 1.69. The summed E-state index contributed by atoms with van der Waals surface area (Å²) in [6, 6.07) is 4.17. The van der Waals surface area contributed by atoms with Gasteiger partial charge in [0.15, 0.2) is 6.29 Å². The first kappa shape index (κ1) is 10.9. The summed E-state index contributed by atoms with van der Waals surface area (Å²) in [5.41, 5.74) is -0.0625. The predicted octanol–water partition coefficient (Wildman–Crippen LogP) is 1.97. The first-order chi connectivity index (χ1) is 7.20. The minimum absolute atomic E-state index is 0.0163. The molecule has 0 fully saturated rings. The standard InChI is InChI=1S/C10H9NO4/c1-2-6-15-10-8(7-12)4-3-5-9(10)11(13)14/h2-5,7H,1,6H2. The van der Waals surface area contributed by atoms with Crippen molar-refractivity contribution in [3.8, 4) is 5.75 Å². The van der Waals surface area contributed by atoms with Crippen molar-refractivity contribution in [1.82, 2.24) is 0 Å². The van der Waals surface area contributed by atoms with Gasteiger partial charge in [0.05, 0.1) is 10.5 Å². The van der Waals surface area contributed by atoms with Gasteiger partial charge in [0.1, 0.15) is 6.61 Å². The van der Waals surface area contributed by atoms with E-state index in [2.05, 4.69) is 6.58 Å². The molecule has 0 atom stereocenters. The number of carbonyl (C=O) groups excluding carboxylic acids is 1. The Morgan fingerprint density at radius 2 is 2.27 bits per heavy atom. The number of benzene rings is 1. The molecular weight excluding hydrogens is 198 g/mol. The van der Waals surface area contributed by atoms with Gasteiger partial charge in [0.25, 0.3) is 0 Å². The molecule has 0 saturated carbocycles. The Morgan fingerprint density at radius 3 is 2.80 bits per heavy atom. The van der Waals surface area contributed by atoms with Gasteiger partial charge in [-0.2, -0.15) is 0 Å². The number of nitrogens with zero attached hydrogens (tertiary/aromatic N) is 1. The molecule has 1 rings (SSSR count). The van der Waals surface area contributed by atoms with Crippen LogP contribution in [0.2, 0.25) is 0 Å². The van der Waals surface area contributed by atoms with Crippen LogP contribution in [0.5, 0.6) is 5.75 Å². The van der Waals surface area contributed by atoms with E-state index in [1.54, 1.807) is 0 Å². The summed E-state index contributed by atoms with van der Waals surface area (Å²) in [7, 11) is 0. The van der Waals surface area contributed by atoms with Gasteiger partial charge in [-0.05, 0) is 6.07 Å². The van der Waals surface area contributed by atoms with Gasteiger partial charge in [0.2, 0.25) is 5.75 Å². The Bertz CT molecular complexity index is 400. The highest BCUT2D eigenvalue weighted by Gasteiger charge is 2.18. The Balaban J connectivity index is 3.19. The van der Waals surface area contributed by atoms with Crippen LogP contribution in [0.3, 0.4) is 0 Å². The van der Waals surface area contributed by atoms with E-state index in [4.69, 9.17) is 4.74 Å². The van der Waals surface area contributed by atoms with Crippen molar-refractivity contribution in [2.45, 2.75) is 0 Å². The number of nitro groups is 1. The summed E-state index contributed by atoms with van der Waals surface area (Å²) in [6.45, 7) is 3.54. The average Bonchev–Trinajstić information content (AvgIpc) is 2.25. The van der Waals surface area contributed by atoms with E-state index in [0.717, 1.165) is 0 Å². The molecule has 0 N–H and O–H groups in total. The Morgan fingerprint density at radius 1 is 1.53 bits per heavy atom. The van der Waals surface area contributed by atoms with Crippen LogP contribution >= 0.6 is 0 Å². The molecule has 0 radical (unpaired) electrons. The van der Waals surface area contributed by atoms with E-state index in [-0.39, 0.29) is 23.6 Å². The lowest BCUT2D eigenvalue weighted by Crippen LogP contribution is -2.01. The molecule has 0 aliphatic rings. The molecule has 0 unspecified atom stereocenters. The van der Waals surface area contributed by atoms with E-state index in [1.807, 2.05) is 0 Å². The first-order valence-electron chi connectivity index (χ1n) is 4.17. The van der Waals surface area contributed by atoms with Crippen LogP contribution in [0.1, 0.15) is 10.4 Å². The van der Waals surface area contributed by atoms with Crippen LogP contribution in [0.4, 0.5) is 5.69 Å². The zero-order valence-corrected chi connectivity index (χ0v) is 7.88. The number of carbonyl (C=O) groups is 1. The van der Waals surface area contributed by atoms with Crippen molar-refractivity contribution < 1.29 is 14.5 Å². The number of para-hydroxylation sites is 1. The van der Waals surface area contributed by atoms with Crippen molar-refractivity contribution in [2.75, 3.05) is 6.61 Å². The van der Waals surface area contributed by atoms with E-state index < -0.39 is 4.92 Å². The van der Waals surface area contributed by atoms with Crippen LogP contribution in [0.15, 0.2) is 30.9 Å². The largest absolute Gasteiger partial charge is 0.482 e. The highest BCUT2D eigenvalue weighted by atomic mass is 16.6. The molecule has 0 heterocycles. The second kappa shape index (κ2) is 4.90. The summed E-state index contributed by atoms with van der Waals surface area (Å²) in [5, 5.41) is 10.6. The number of hydrogen-bond acceptors (Lipinski definition) is 4. The monoisotopic (exact) mass is 207 g/mol. The van der Waals surface area contributed by atoms with Crippen molar-refractivity contribution in [1.29, 1.82) is 0 Å². The third kappa shape index (κ3) is 2.40. The molecule has 0 saturated heterocycles. The molecule has 0 aliphatic heterocycles. The number of aldehydes is 1. The molecule has 15 heavy (non-hydrogen) atoms. The smallest absolute Gasteiger partial charge is 0.311 e. The normalized spacial score (nSPS) is 9.33. The van der Waals surface area contributed by atoms with Gasteiger partial charge < -0.3 is 4.74 Å². The molecule has 0 aromatic heterocycles. The van der Waals surface area contributed by atoms with Crippen molar-refractivity contribution >= 4 is 12.0 Å². The molecule has 78 valence electrons. The first-order valence-corrected chi connectivity index (χ1v) is 4.17. The van der Waals surface area contributed by atoms with Crippen molar-refractivity contribution in [3.63, 3.8) is 0 Å². The summed E-state index contributed by atoms with van der Waals surface area (Å²) in [5.74, 6) is -0.0163. The third-order valence-corrected chi connectivity index (χ3v) is 1.69.